The molecule has 1 atom stereocenters. The third-order valence-electron chi connectivity index (χ3n) is 6.58. The fourth-order valence-corrected chi connectivity index (χ4v) is 4.77. The number of nitrogens with two attached hydrogens (primary N) is 1. The van der Waals surface area contributed by atoms with Crippen LogP contribution < -0.4 is 15.8 Å². The molecule has 0 radical (unpaired) electrons. The summed E-state index contributed by atoms with van der Waals surface area (Å²) >= 11 is 0. The highest BCUT2D eigenvalue weighted by molar-refractivity contribution is 5.71. The normalized spacial score (nSPS) is 16.7. The van der Waals surface area contributed by atoms with Crippen molar-refractivity contribution in [3.05, 3.63) is 93.3 Å². The van der Waals surface area contributed by atoms with Gasteiger partial charge in [0, 0.05) is 24.3 Å². The molecule has 4 heteroatoms. The van der Waals surface area contributed by atoms with Gasteiger partial charge in [0.15, 0.2) is 0 Å². The van der Waals surface area contributed by atoms with E-state index in [9.17, 15) is 4.39 Å². The van der Waals surface area contributed by atoms with Crippen LogP contribution in [0.2, 0.25) is 0 Å². The van der Waals surface area contributed by atoms with Gasteiger partial charge in [-0.25, -0.2) is 4.39 Å². The summed E-state index contributed by atoms with van der Waals surface area (Å²) in [5.74, 6) is 0.910. The Morgan fingerprint density at radius 3 is 2.13 bits per heavy atom. The van der Waals surface area contributed by atoms with Crippen molar-refractivity contribution in [3.63, 3.8) is 0 Å². The molecule has 3 aromatic carbocycles. The van der Waals surface area contributed by atoms with Crippen LogP contribution in [0.1, 0.15) is 58.7 Å². The molecule has 4 rings (SSSR count). The van der Waals surface area contributed by atoms with Crippen LogP contribution in [0.25, 0.3) is 0 Å². The van der Waals surface area contributed by atoms with Gasteiger partial charge in [0.25, 0.3) is 0 Å². The standard InChI is InChI=1S/C27H31FN2O/c1-16-17(2)26-23(18(3)25(16)30-15-20-8-12-22(28)13-9-20)24(27(4,5)31-26)21-10-6-19(14-29)7-11-21/h6-13,24,30H,14-15,29H2,1-5H3. The van der Waals surface area contributed by atoms with Crippen molar-refractivity contribution in [2.24, 2.45) is 5.73 Å². The molecule has 0 aromatic heterocycles. The summed E-state index contributed by atoms with van der Waals surface area (Å²) in [6, 6.07) is 15.2. The van der Waals surface area contributed by atoms with Crippen molar-refractivity contribution in [1.29, 1.82) is 0 Å². The SMILES string of the molecule is Cc1c(C)c2c(c(C)c1NCc1ccc(F)cc1)C(c1ccc(CN)cc1)C(C)(C)O2. The lowest BCUT2D eigenvalue weighted by atomic mass is 9.78. The molecular formula is C27H31FN2O. The van der Waals surface area contributed by atoms with E-state index >= 15 is 0 Å². The number of fused-ring (bicyclic) bond motifs is 1. The number of benzene rings is 3. The number of halogens is 1. The first-order chi connectivity index (χ1) is 14.7. The molecule has 0 fully saturated rings. The summed E-state index contributed by atoms with van der Waals surface area (Å²) in [7, 11) is 0. The van der Waals surface area contributed by atoms with Gasteiger partial charge in [-0.3, -0.25) is 0 Å². The zero-order valence-electron chi connectivity index (χ0n) is 19.0. The molecule has 0 saturated carbocycles. The van der Waals surface area contributed by atoms with Crippen molar-refractivity contribution in [2.75, 3.05) is 5.32 Å². The molecule has 3 aromatic rings. The number of hydrogen-bond donors (Lipinski definition) is 2. The average molecular weight is 419 g/mol. The predicted molar refractivity (Wildman–Crippen MR) is 125 cm³/mol. The molecular weight excluding hydrogens is 387 g/mol. The molecule has 0 aliphatic carbocycles. The van der Waals surface area contributed by atoms with Gasteiger partial charge in [0.05, 0.1) is 5.92 Å². The molecule has 1 aliphatic rings. The predicted octanol–water partition coefficient (Wildman–Crippen LogP) is 6.12. The van der Waals surface area contributed by atoms with Crippen molar-refractivity contribution < 1.29 is 9.13 Å². The minimum absolute atomic E-state index is 0.125. The van der Waals surface area contributed by atoms with Gasteiger partial charge < -0.3 is 15.8 Å². The largest absolute Gasteiger partial charge is 0.486 e. The summed E-state index contributed by atoms with van der Waals surface area (Å²) in [6.45, 7) is 11.9. The Morgan fingerprint density at radius 1 is 0.903 bits per heavy atom. The molecule has 0 amide bonds. The van der Waals surface area contributed by atoms with Crippen LogP contribution in [0.15, 0.2) is 48.5 Å². The maximum atomic E-state index is 13.3. The van der Waals surface area contributed by atoms with Gasteiger partial charge >= 0.3 is 0 Å². The second-order valence-electron chi connectivity index (χ2n) is 9.06. The lowest BCUT2D eigenvalue weighted by Crippen LogP contribution is -2.31. The number of anilines is 1. The van der Waals surface area contributed by atoms with Crippen LogP contribution >= 0.6 is 0 Å². The van der Waals surface area contributed by atoms with Crippen molar-refractivity contribution in [2.45, 2.75) is 59.2 Å². The first-order valence-corrected chi connectivity index (χ1v) is 10.8. The monoisotopic (exact) mass is 418 g/mol. The molecule has 31 heavy (non-hydrogen) atoms. The van der Waals surface area contributed by atoms with E-state index in [2.05, 4.69) is 64.2 Å². The molecule has 162 valence electrons. The Kier molecular flexibility index (Phi) is 5.52. The van der Waals surface area contributed by atoms with Gasteiger partial charge in [-0.1, -0.05) is 36.4 Å². The molecule has 3 N–H and O–H groups in total. The Balaban J connectivity index is 1.77. The summed E-state index contributed by atoms with van der Waals surface area (Å²) < 4.78 is 19.8. The third kappa shape index (κ3) is 3.81. The van der Waals surface area contributed by atoms with Crippen LogP contribution in [0.3, 0.4) is 0 Å². The van der Waals surface area contributed by atoms with E-state index in [1.165, 1.54) is 34.4 Å². The third-order valence-corrected chi connectivity index (χ3v) is 6.58. The highest BCUT2D eigenvalue weighted by atomic mass is 19.1. The molecule has 0 spiro atoms. The smallest absolute Gasteiger partial charge is 0.127 e. The lowest BCUT2D eigenvalue weighted by Gasteiger charge is -2.27. The molecule has 1 heterocycles. The quantitative estimate of drug-likeness (QED) is 0.524. The minimum Gasteiger partial charge on any atom is -0.486 e. The minimum atomic E-state index is -0.357. The number of nitrogens with one attached hydrogen (secondary N) is 1. The summed E-state index contributed by atoms with van der Waals surface area (Å²) in [6.07, 6.45) is 0. The summed E-state index contributed by atoms with van der Waals surface area (Å²) in [5, 5.41) is 3.61. The second-order valence-corrected chi connectivity index (χ2v) is 9.06. The summed E-state index contributed by atoms with van der Waals surface area (Å²) in [5.41, 5.74) is 14.8. The van der Waals surface area contributed by atoms with Crippen LogP contribution in [-0.2, 0) is 13.1 Å². The van der Waals surface area contributed by atoms with Crippen LogP contribution in [0, 0.1) is 26.6 Å². The highest BCUT2D eigenvalue weighted by Crippen LogP contribution is 2.53. The summed E-state index contributed by atoms with van der Waals surface area (Å²) in [4.78, 5) is 0. The van der Waals surface area contributed by atoms with Crippen LogP contribution in [0.5, 0.6) is 5.75 Å². The van der Waals surface area contributed by atoms with E-state index in [-0.39, 0.29) is 17.3 Å². The Bertz CT molecular complexity index is 1100. The molecule has 1 aliphatic heterocycles. The van der Waals surface area contributed by atoms with E-state index in [4.69, 9.17) is 10.5 Å². The number of ether oxygens (including phenoxy) is 1. The van der Waals surface area contributed by atoms with Gasteiger partial charge in [-0.05, 0) is 80.1 Å². The van der Waals surface area contributed by atoms with Gasteiger partial charge in [-0.2, -0.15) is 0 Å². The first kappa shape index (κ1) is 21.4. The zero-order valence-corrected chi connectivity index (χ0v) is 19.0. The number of hydrogen-bond acceptors (Lipinski definition) is 3. The van der Waals surface area contributed by atoms with Gasteiger partial charge in [0.2, 0.25) is 0 Å². The van der Waals surface area contributed by atoms with Crippen molar-refractivity contribution >= 4 is 5.69 Å². The van der Waals surface area contributed by atoms with E-state index in [1.54, 1.807) is 0 Å². The van der Waals surface area contributed by atoms with Crippen LogP contribution in [-0.4, -0.2) is 5.60 Å². The van der Waals surface area contributed by atoms with Crippen LogP contribution in [0.4, 0.5) is 10.1 Å². The highest BCUT2D eigenvalue weighted by Gasteiger charge is 2.44. The molecule has 0 saturated heterocycles. The zero-order chi connectivity index (χ0) is 22.3. The lowest BCUT2D eigenvalue weighted by molar-refractivity contribution is 0.121. The fourth-order valence-electron chi connectivity index (χ4n) is 4.77. The van der Waals surface area contributed by atoms with E-state index in [0.717, 1.165) is 28.1 Å². The maximum Gasteiger partial charge on any atom is 0.127 e. The Labute approximate surface area is 184 Å². The topological polar surface area (TPSA) is 47.3 Å². The van der Waals surface area contributed by atoms with E-state index in [1.807, 2.05) is 12.1 Å². The molecule has 3 nitrogen and oxygen atoms in total. The maximum absolute atomic E-state index is 13.3. The van der Waals surface area contributed by atoms with E-state index in [0.29, 0.717) is 13.1 Å². The van der Waals surface area contributed by atoms with Crippen molar-refractivity contribution in [1.82, 2.24) is 0 Å². The van der Waals surface area contributed by atoms with E-state index < -0.39 is 0 Å². The second kappa shape index (κ2) is 8.01. The molecule has 1 unspecified atom stereocenters. The Hall–Kier alpha value is -2.85. The fraction of sp³-hybridized carbons (Fsp3) is 0.333. The number of rotatable bonds is 5. The van der Waals surface area contributed by atoms with Gasteiger partial charge in [-0.15, -0.1) is 0 Å². The Morgan fingerprint density at radius 2 is 1.52 bits per heavy atom. The van der Waals surface area contributed by atoms with Crippen molar-refractivity contribution in [3.8, 4) is 5.75 Å². The average Bonchev–Trinajstić information content (AvgIpc) is 3.05. The molecule has 0 bridgehead atoms. The first-order valence-electron chi connectivity index (χ1n) is 10.8. The van der Waals surface area contributed by atoms with Gasteiger partial charge in [0.1, 0.15) is 17.2 Å².